The molecule has 0 unspecified atom stereocenters. The number of aliphatic imine (C=N–C) groups is 2. The summed E-state index contributed by atoms with van der Waals surface area (Å²) in [6, 6.07) is 3.45. The molecule has 0 spiro atoms. The van der Waals surface area contributed by atoms with E-state index in [2.05, 4.69) is 43.8 Å². The molecule has 0 aliphatic heterocycles. The van der Waals surface area contributed by atoms with Crippen molar-refractivity contribution >= 4 is 6.01 Å². The lowest BCUT2D eigenvalue weighted by molar-refractivity contribution is -0.906. The third-order valence-electron chi connectivity index (χ3n) is 3.44. The van der Waals surface area contributed by atoms with E-state index in [4.69, 9.17) is 0 Å². The van der Waals surface area contributed by atoms with E-state index in [9.17, 15) is 0 Å². The third-order valence-corrected chi connectivity index (χ3v) is 3.44. The predicted octanol–water partition coefficient (Wildman–Crippen LogP) is 3.22. The van der Waals surface area contributed by atoms with Gasteiger partial charge in [0.1, 0.15) is 0 Å². The minimum Gasteiger partial charge on any atom is -0.327 e. The number of quaternary nitrogens is 1. The molecule has 0 rings (SSSR count). The Labute approximate surface area is 107 Å². The van der Waals surface area contributed by atoms with Crippen molar-refractivity contribution in [2.75, 3.05) is 26.7 Å². The van der Waals surface area contributed by atoms with Crippen LogP contribution in [-0.4, -0.2) is 49.3 Å². The van der Waals surface area contributed by atoms with Crippen LogP contribution in [0.1, 0.15) is 47.5 Å². The first-order valence-electron chi connectivity index (χ1n) is 6.91. The van der Waals surface area contributed by atoms with Gasteiger partial charge in [0, 0.05) is 0 Å². The number of nitrogens with zero attached hydrogens (tertiary/aromatic N) is 3. The molecule has 0 aliphatic rings. The second-order valence-electron chi connectivity index (χ2n) is 5.42. The van der Waals surface area contributed by atoms with E-state index in [1.54, 1.807) is 0 Å². The van der Waals surface area contributed by atoms with Gasteiger partial charge in [0.2, 0.25) is 0 Å². The zero-order valence-corrected chi connectivity index (χ0v) is 12.5. The van der Waals surface area contributed by atoms with Gasteiger partial charge in [-0.25, -0.2) is 9.98 Å². The summed E-state index contributed by atoms with van der Waals surface area (Å²) < 4.78 is 1.16. The van der Waals surface area contributed by atoms with Crippen LogP contribution in [0.25, 0.3) is 0 Å². The van der Waals surface area contributed by atoms with Gasteiger partial charge in [-0.15, -0.1) is 0 Å². The monoisotopic (exact) mass is 240 g/mol. The van der Waals surface area contributed by atoms with Gasteiger partial charge >= 0.3 is 0 Å². The standard InChI is InChI=1S/C14H30N3/c1-7-17(6,8-2)11-9-10-14(5)16-12-15-13(3)4/h13-14H,7-11H2,1-6H3/q+1/t14-/m1/s1. The second kappa shape index (κ2) is 8.43. The maximum absolute atomic E-state index is 4.31. The fourth-order valence-corrected chi connectivity index (χ4v) is 1.62. The molecule has 3 nitrogen and oxygen atoms in total. The summed E-state index contributed by atoms with van der Waals surface area (Å²) in [6.45, 7) is 14.4. The Morgan fingerprint density at radius 2 is 1.65 bits per heavy atom. The van der Waals surface area contributed by atoms with E-state index in [1.807, 2.05) is 13.8 Å². The van der Waals surface area contributed by atoms with E-state index < -0.39 is 0 Å². The Balaban J connectivity index is 3.93. The molecule has 0 aromatic carbocycles. The maximum Gasteiger partial charge on any atom is 0.0898 e. The summed E-state index contributed by atoms with van der Waals surface area (Å²) in [4.78, 5) is 8.45. The van der Waals surface area contributed by atoms with Crippen molar-refractivity contribution in [1.82, 2.24) is 0 Å². The zero-order chi connectivity index (χ0) is 13.3. The van der Waals surface area contributed by atoms with Gasteiger partial charge in [-0.3, -0.25) is 0 Å². The molecule has 1 atom stereocenters. The Bertz CT molecular complexity index is 248. The fourth-order valence-electron chi connectivity index (χ4n) is 1.62. The first-order valence-corrected chi connectivity index (χ1v) is 6.91. The topological polar surface area (TPSA) is 24.7 Å². The van der Waals surface area contributed by atoms with Gasteiger partial charge < -0.3 is 4.48 Å². The summed E-state index contributed by atoms with van der Waals surface area (Å²) in [6.07, 6.45) is 2.36. The Hall–Kier alpha value is -0.660. The smallest absolute Gasteiger partial charge is 0.0898 e. The molecule has 0 aromatic rings. The third kappa shape index (κ3) is 8.12. The van der Waals surface area contributed by atoms with Crippen LogP contribution < -0.4 is 0 Å². The molecular weight excluding hydrogens is 210 g/mol. The summed E-state index contributed by atoms with van der Waals surface area (Å²) in [7, 11) is 2.33. The molecule has 100 valence electrons. The van der Waals surface area contributed by atoms with Crippen molar-refractivity contribution in [2.45, 2.75) is 59.5 Å². The van der Waals surface area contributed by atoms with Crippen molar-refractivity contribution in [3.63, 3.8) is 0 Å². The Morgan fingerprint density at radius 1 is 1.06 bits per heavy atom. The average molecular weight is 240 g/mol. The van der Waals surface area contributed by atoms with Crippen LogP contribution in [0.5, 0.6) is 0 Å². The summed E-state index contributed by atoms with van der Waals surface area (Å²) in [5.41, 5.74) is 0. The van der Waals surface area contributed by atoms with Crippen LogP contribution in [0.2, 0.25) is 0 Å². The lowest BCUT2D eigenvalue weighted by atomic mass is 10.1. The SMILES string of the molecule is CC[N+](C)(CC)CCC[C@@H](C)N=C=NC(C)C. The van der Waals surface area contributed by atoms with Crippen LogP contribution in [0.15, 0.2) is 9.98 Å². The largest absolute Gasteiger partial charge is 0.327 e. The van der Waals surface area contributed by atoms with E-state index >= 15 is 0 Å². The van der Waals surface area contributed by atoms with Gasteiger partial charge in [0.25, 0.3) is 0 Å². The molecule has 0 radical (unpaired) electrons. The van der Waals surface area contributed by atoms with E-state index in [0.717, 1.165) is 10.9 Å². The van der Waals surface area contributed by atoms with Crippen LogP contribution in [-0.2, 0) is 0 Å². The molecule has 17 heavy (non-hydrogen) atoms. The molecule has 0 saturated heterocycles. The molecule has 0 aliphatic carbocycles. The van der Waals surface area contributed by atoms with Crippen molar-refractivity contribution in [2.24, 2.45) is 9.98 Å². The molecule has 0 fully saturated rings. The molecular formula is C14H30N3+. The molecule has 0 N–H and O–H groups in total. The lowest BCUT2D eigenvalue weighted by Gasteiger charge is -2.32. The Kier molecular flexibility index (Phi) is 8.11. The quantitative estimate of drug-likeness (QED) is 0.460. The van der Waals surface area contributed by atoms with E-state index in [-0.39, 0.29) is 0 Å². The lowest BCUT2D eigenvalue weighted by Crippen LogP contribution is -2.44. The second-order valence-corrected chi connectivity index (χ2v) is 5.42. The van der Waals surface area contributed by atoms with E-state index in [0.29, 0.717) is 12.1 Å². The van der Waals surface area contributed by atoms with Crippen LogP contribution in [0, 0.1) is 0 Å². The number of hydrogen-bond acceptors (Lipinski definition) is 2. The minimum atomic E-state index is 0.297. The van der Waals surface area contributed by atoms with Crippen molar-refractivity contribution in [3.05, 3.63) is 0 Å². The normalized spacial score (nSPS) is 13.4. The van der Waals surface area contributed by atoms with Crippen LogP contribution in [0.3, 0.4) is 0 Å². The first-order chi connectivity index (χ1) is 7.93. The molecule has 0 heterocycles. The van der Waals surface area contributed by atoms with Gasteiger partial charge in [0.15, 0.2) is 0 Å². The van der Waals surface area contributed by atoms with Crippen LogP contribution >= 0.6 is 0 Å². The Morgan fingerprint density at radius 3 is 2.12 bits per heavy atom. The van der Waals surface area contributed by atoms with Crippen molar-refractivity contribution in [1.29, 1.82) is 0 Å². The molecule has 0 saturated carbocycles. The fraction of sp³-hybridized carbons (Fsp3) is 0.929. The first kappa shape index (κ1) is 16.3. The number of rotatable bonds is 8. The van der Waals surface area contributed by atoms with E-state index in [1.165, 1.54) is 26.1 Å². The average Bonchev–Trinajstić information content (AvgIpc) is 2.28. The predicted molar refractivity (Wildman–Crippen MR) is 75.8 cm³/mol. The van der Waals surface area contributed by atoms with Crippen LogP contribution in [0.4, 0.5) is 0 Å². The van der Waals surface area contributed by atoms with Gasteiger partial charge in [-0.1, -0.05) is 0 Å². The zero-order valence-electron chi connectivity index (χ0n) is 12.5. The highest BCUT2D eigenvalue weighted by molar-refractivity contribution is 5.41. The highest BCUT2D eigenvalue weighted by atomic mass is 15.3. The highest BCUT2D eigenvalue weighted by Gasteiger charge is 2.15. The highest BCUT2D eigenvalue weighted by Crippen LogP contribution is 2.07. The molecule has 3 heteroatoms. The molecule has 0 amide bonds. The van der Waals surface area contributed by atoms with Gasteiger partial charge in [-0.2, -0.15) is 0 Å². The van der Waals surface area contributed by atoms with Gasteiger partial charge in [0.05, 0.1) is 44.8 Å². The summed E-state index contributed by atoms with van der Waals surface area (Å²) in [5, 5.41) is 0. The molecule has 0 aromatic heterocycles. The van der Waals surface area contributed by atoms with Gasteiger partial charge in [-0.05, 0) is 47.5 Å². The van der Waals surface area contributed by atoms with Crippen molar-refractivity contribution in [3.8, 4) is 0 Å². The number of hydrogen-bond donors (Lipinski definition) is 0. The van der Waals surface area contributed by atoms with Crippen molar-refractivity contribution < 1.29 is 4.48 Å². The minimum absolute atomic E-state index is 0.297. The molecule has 0 bridgehead atoms. The summed E-state index contributed by atoms with van der Waals surface area (Å²) >= 11 is 0. The summed E-state index contributed by atoms with van der Waals surface area (Å²) in [5.74, 6) is 0. The maximum atomic E-state index is 4.31.